The summed E-state index contributed by atoms with van der Waals surface area (Å²) in [6, 6.07) is 12.6. The molecule has 0 amide bonds. The summed E-state index contributed by atoms with van der Waals surface area (Å²) in [7, 11) is -3.85. The Kier molecular flexibility index (Phi) is 4.74. The highest BCUT2D eigenvalue weighted by Gasteiger charge is 2.19. The van der Waals surface area contributed by atoms with Crippen molar-refractivity contribution in [1.82, 2.24) is 14.8 Å². The number of anilines is 1. The average molecular weight is 417 g/mol. The van der Waals surface area contributed by atoms with Gasteiger partial charge in [0, 0.05) is 22.8 Å². The van der Waals surface area contributed by atoms with Gasteiger partial charge in [-0.2, -0.15) is 5.10 Å². The Morgan fingerprint density at radius 2 is 1.96 bits per heavy atom. The van der Waals surface area contributed by atoms with Gasteiger partial charge in [0.05, 0.1) is 23.9 Å². The number of hydrogen-bond donors (Lipinski definition) is 1. The van der Waals surface area contributed by atoms with E-state index < -0.39 is 15.8 Å². The largest absolute Gasteiger partial charge is 0.276 e. The summed E-state index contributed by atoms with van der Waals surface area (Å²) < 4.78 is 42.8. The Labute approximate surface area is 165 Å². The maximum atomic E-state index is 13.2. The third-order valence-corrected chi connectivity index (χ3v) is 5.88. The minimum atomic E-state index is -3.85. The molecule has 142 valence electrons. The van der Waals surface area contributed by atoms with Crippen LogP contribution >= 0.6 is 11.6 Å². The zero-order chi connectivity index (χ0) is 19.7. The highest BCUT2D eigenvalue weighted by Crippen LogP contribution is 2.23. The summed E-state index contributed by atoms with van der Waals surface area (Å²) in [5.41, 5.74) is 1.35. The van der Waals surface area contributed by atoms with E-state index in [1.807, 2.05) is 0 Å². The molecule has 0 aliphatic carbocycles. The van der Waals surface area contributed by atoms with Gasteiger partial charge in [0.25, 0.3) is 10.0 Å². The molecule has 4 rings (SSSR count). The molecule has 0 saturated heterocycles. The molecule has 4 aromatic rings. The Bertz CT molecular complexity index is 1270. The molecule has 0 fully saturated rings. The van der Waals surface area contributed by atoms with Gasteiger partial charge in [0.15, 0.2) is 0 Å². The van der Waals surface area contributed by atoms with E-state index in [1.54, 1.807) is 36.5 Å². The molecule has 2 heterocycles. The summed E-state index contributed by atoms with van der Waals surface area (Å²) in [6.45, 7) is 0.274. The van der Waals surface area contributed by atoms with Gasteiger partial charge < -0.3 is 0 Å². The molecular formula is C19H14ClFN4O2S. The minimum absolute atomic E-state index is 0.0833. The van der Waals surface area contributed by atoms with E-state index in [9.17, 15) is 12.8 Å². The number of fused-ring (bicyclic) bond motifs is 1. The fraction of sp³-hybridized carbons (Fsp3) is 0.0526. The van der Waals surface area contributed by atoms with Crippen molar-refractivity contribution in [3.05, 3.63) is 83.5 Å². The third-order valence-electron chi connectivity index (χ3n) is 4.12. The molecule has 28 heavy (non-hydrogen) atoms. The first-order valence-electron chi connectivity index (χ1n) is 8.25. The van der Waals surface area contributed by atoms with Crippen molar-refractivity contribution >= 4 is 38.2 Å². The van der Waals surface area contributed by atoms with Crippen LogP contribution in [0.3, 0.4) is 0 Å². The summed E-state index contributed by atoms with van der Waals surface area (Å²) in [5.74, 6) is -0.425. The Balaban J connectivity index is 1.59. The normalized spacial score (nSPS) is 11.6. The lowest BCUT2D eigenvalue weighted by Gasteiger charge is -2.08. The zero-order valence-electron chi connectivity index (χ0n) is 14.4. The van der Waals surface area contributed by atoms with Crippen LogP contribution in [0.1, 0.15) is 5.56 Å². The lowest BCUT2D eigenvalue weighted by Crippen LogP contribution is -2.13. The van der Waals surface area contributed by atoms with Gasteiger partial charge in [-0.05, 0) is 29.8 Å². The minimum Gasteiger partial charge on any atom is -0.276 e. The van der Waals surface area contributed by atoms with Crippen molar-refractivity contribution < 1.29 is 12.8 Å². The van der Waals surface area contributed by atoms with E-state index in [-0.39, 0.29) is 16.5 Å². The van der Waals surface area contributed by atoms with Crippen molar-refractivity contribution in [2.75, 3.05) is 4.72 Å². The number of pyridine rings is 1. The van der Waals surface area contributed by atoms with Gasteiger partial charge in [-0.15, -0.1) is 0 Å². The second-order valence-electron chi connectivity index (χ2n) is 6.10. The quantitative estimate of drug-likeness (QED) is 0.532. The van der Waals surface area contributed by atoms with E-state index in [2.05, 4.69) is 14.8 Å². The molecule has 0 spiro atoms. The van der Waals surface area contributed by atoms with Crippen LogP contribution in [0.5, 0.6) is 0 Å². The zero-order valence-corrected chi connectivity index (χ0v) is 16.0. The van der Waals surface area contributed by atoms with E-state index >= 15 is 0 Å². The number of halogens is 2. The lowest BCUT2D eigenvalue weighted by atomic mass is 10.2. The first-order chi connectivity index (χ1) is 13.4. The molecule has 0 aliphatic heterocycles. The van der Waals surface area contributed by atoms with E-state index in [1.165, 1.54) is 35.3 Å². The van der Waals surface area contributed by atoms with Crippen LogP contribution in [0.15, 0.2) is 72.0 Å². The van der Waals surface area contributed by atoms with E-state index in [0.29, 0.717) is 16.8 Å². The lowest BCUT2D eigenvalue weighted by molar-refractivity contribution is 0.602. The van der Waals surface area contributed by atoms with Crippen molar-refractivity contribution in [1.29, 1.82) is 0 Å². The second kappa shape index (κ2) is 7.21. The molecular weight excluding hydrogens is 403 g/mol. The van der Waals surface area contributed by atoms with Crippen LogP contribution in [0, 0.1) is 5.82 Å². The summed E-state index contributed by atoms with van der Waals surface area (Å²) in [4.78, 5) is 4.26. The van der Waals surface area contributed by atoms with Crippen LogP contribution in [-0.2, 0) is 16.6 Å². The molecule has 0 aliphatic rings. The smallest absolute Gasteiger partial charge is 0.264 e. The van der Waals surface area contributed by atoms with Gasteiger partial charge in [-0.25, -0.2) is 12.8 Å². The maximum Gasteiger partial charge on any atom is 0.264 e. The average Bonchev–Trinajstić information content (AvgIpc) is 3.09. The number of hydrogen-bond acceptors (Lipinski definition) is 4. The number of nitrogens with zero attached hydrogens (tertiary/aromatic N) is 3. The number of aromatic nitrogens is 3. The predicted molar refractivity (Wildman–Crippen MR) is 105 cm³/mol. The highest BCUT2D eigenvalue weighted by molar-refractivity contribution is 7.93. The maximum absolute atomic E-state index is 13.2. The van der Waals surface area contributed by atoms with Crippen molar-refractivity contribution in [3.63, 3.8) is 0 Å². The van der Waals surface area contributed by atoms with Crippen LogP contribution in [0.4, 0.5) is 10.1 Å². The van der Waals surface area contributed by atoms with E-state index in [0.717, 1.165) is 5.39 Å². The molecule has 0 bridgehead atoms. The van der Waals surface area contributed by atoms with E-state index in [4.69, 9.17) is 11.6 Å². The molecule has 0 atom stereocenters. The van der Waals surface area contributed by atoms with Gasteiger partial charge in [0.1, 0.15) is 10.7 Å². The van der Waals surface area contributed by atoms with Crippen LogP contribution < -0.4 is 4.72 Å². The Hall–Kier alpha value is -2.97. The van der Waals surface area contributed by atoms with Crippen molar-refractivity contribution in [3.8, 4) is 0 Å². The first-order valence-corrected chi connectivity index (χ1v) is 10.1. The Morgan fingerprint density at radius 3 is 2.79 bits per heavy atom. The molecule has 0 unspecified atom stereocenters. The fourth-order valence-corrected chi connectivity index (χ4v) is 4.27. The monoisotopic (exact) mass is 416 g/mol. The molecule has 2 aromatic carbocycles. The number of rotatable bonds is 5. The number of nitrogens with one attached hydrogen (secondary N) is 1. The summed E-state index contributed by atoms with van der Waals surface area (Å²) >= 11 is 6.03. The summed E-state index contributed by atoms with van der Waals surface area (Å²) in [6.07, 6.45) is 4.48. The number of para-hydroxylation sites is 1. The Morgan fingerprint density at radius 1 is 1.14 bits per heavy atom. The molecule has 0 radical (unpaired) electrons. The van der Waals surface area contributed by atoms with Gasteiger partial charge in [-0.1, -0.05) is 35.9 Å². The fourth-order valence-electron chi connectivity index (χ4n) is 2.83. The van der Waals surface area contributed by atoms with Crippen LogP contribution in [-0.4, -0.2) is 23.2 Å². The van der Waals surface area contributed by atoms with Crippen LogP contribution in [0.2, 0.25) is 5.02 Å². The van der Waals surface area contributed by atoms with Gasteiger partial charge >= 0.3 is 0 Å². The molecule has 0 saturated carbocycles. The van der Waals surface area contributed by atoms with Crippen molar-refractivity contribution in [2.45, 2.75) is 11.4 Å². The van der Waals surface area contributed by atoms with Gasteiger partial charge in [0.2, 0.25) is 0 Å². The molecule has 9 heteroatoms. The standard InChI is InChI=1S/C19H14ClFN4O2S/c20-17-9-15(21)7-6-14(17)11-25-12-16(10-23-25)24-28(26,27)18-5-1-3-13-4-2-8-22-19(13)18/h1-10,12,24H,11H2. The van der Waals surface area contributed by atoms with Gasteiger partial charge in [-0.3, -0.25) is 14.4 Å². The molecule has 2 aromatic heterocycles. The van der Waals surface area contributed by atoms with Crippen molar-refractivity contribution in [2.24, 2.45) is 0 Å². The van der Waals surface area contributed by atoms with Crippen LogP contribution in [0.25, 0.3) is 10.9 Å². The topological polar surface area (TPSA) is 76.9 Å². The number of sulfonamides is 1. The predicted octanol–water partition coefficient (Wildman–Crippen LogP) is 4.07. The SMILES string of the molecule is O=S(=O)(Nc1cnn(Cc2ccc(F)cc2Cl)c1)c1cccc2cccnc12. The molecule has 6 nitrogen and oxygen atoms in total. The number of benzene rings is 2. The highest BCUT2D eigenvalue weighted by atomic mass is 35.5. The third kappa shape index (κ3) is 3.69. The molecule has 1 N–H and O–H groups in total. The second-order valence-corrected chi connectivity index (χ2v) is 8.16. The first kappa shape index (κ1) is 18.4. The summed E-state index contributed by atoms with van der Waals surface area (Å²) in [5, 5.41) is 5.14.